The Balaban J connectivity index is 0.000000720. The van der Waals surface area contributed by atoms with E-state index in [4.69, 9.17) is 0 Å². The molecule has 0 unspecified atom stereocenters. The second kappa shape index (κ2) is 3.98. The van der Waals surface area contributed by atoms with E-state index in [0.717, 1.165) is 0 Å². The van der Waals surface area contributed by atoms with Gasteiger partial charge in [0.15, 0.2) is 0 Å². The van der Waals surface area contributed by atoms with Crippen LogP contribution in [-0.4, -0.2) is 0 Å². The van der Waals surface area contributed by atoms with Gasteiger partial charge in [0.25, 0.3) is 0 Å². The van der Waals surface area contributed by atoms with E-state index in [9.17, 15) is 0 Å². The first-order valence-electron chi connectivity index (χ1n) is 3.81. The molecule has 0 saturated carbocycles. The Morgan fingerprint density at radius 2 is 1.55 bits per heavy atom. The molecule has 1 heteroatoms. The Bertz CT molecular complexity index is 244. The third kappa shape index (κ3) is 2.24. The molecule has 11 heavy (non-hydrogen) atoms. The maximum Gasteiger partial charge on any atom is -1.00 e. The molecule has 0 fully saturated rings. The van der Waals surface area contributed by atoms with Crippen molar-refractivity contribution in [1.29, 1.82) is 0 Å². The van der Waals surface area contributed by atoms with Crippen molar-refractivity contribution in [2.24, 2.45) is 0 Å². The molecule has 0 aromatic rings. The van der Waals surface area contributed by atoms with E-state index in [2.05, 4.69) is 36.5 Å². The maximum atomic E-state index is 2.30. The van der Waals surface area contributed by atoms with Crippen LogP contribution in [0, 0.1) is 44.6 Å². The Morgan fingerprint density at radius 1 is 1.00 bits per heavy atom. The summed E-state index contributed by atoms with van der Waals surface area (Å²) in [4.78, 5) is 0. The Hall–Kier alpha value is 0.544. The van der Waals surface area contributed by atoms with Gasteiger partial charge in [-0.15, -0.1) is 0 Å². The number of hydrogen-bond donors (Lipinski definition) is 0. The standard InChI is InChI=1S/2C5H5.Eu.H/c2*1-2-4-5-3-1;;/h2*1-3H,4H2;;/q;;+1;-1. The molecule has 0 amide bonds. The van der Waals surface area contributed by atoms with E-state index in [0.29, 0.717) is 0 Å². The molecule has 0 spiro atoms. The summed E-state index contributed by atoms with van der Waals surface area (Å²) in [6.07, 6.45) is 16.0. The Kier molecular flexibility index (Phi) is 2.95. The minimum atomic E-state index is -0.160. The summed E-state index contributed by atoms with van der Waals surface area (Å²) < 4.78 is 3.42. The molecule has 2 aliphatic rings. The van der Waals surface area contributed by atoms with Crippen LogP contribution in [0.15, 0.2) is 36.4 Å². The average Bonchev–Trinajstić information content (AvgIpc) is 2.60. The van der Waals surface area contributed by atoms with Crippen LogP contribution in [0.4, 0.5) is 0 Å². The first kappa shape index (κ1) is 8.16. The van der Waals surface area contributed by atoms with Gasteiger partial charge in [0.2, 0.25) is 0 Å². The molecule has 0 aromatic heterocycles. The van der Waals surface area contributed by atoms with E-state index in [-0.39, 0.29) is 46.1 Å². The molecule has 0 N–H and O–H groups in total. The molecule has 2 rings (SSSR count). The van der Waals surface area contributed by atoms with Crippen LogP contribution in [-0.2, 0) is 0 Å². The minimum absolute atomic E-state index is 0. The molecule has 0 aromatic carbocycles. The van der Waals surface area contributed by atoms with E-state index >= 15 is 0 Å². The molecule has 0 aliphatic heterocycles. The molecule has 0 nitrogen and oxygen atoms in total. The predicted octanol–water partition coefficient (Wildman–Crippen LogP) is 2.87. The van der Waals surface area contributed by atoms with E-state index in [1.54, 1.807) is -0.0654 Å². The summed E-state index contributed by atoms with van der Waals surface area (Å²) in [5.74, 6) is 0. The van der Waals surface area contributed by atoms with Gasteiger partial charge in [-0.1, -0.05) is 0 Å². The average molecular weight is 283 g/mol. The van der Waals surface area contributed by atoms with Crippen molar-refractivity contribution in [3.05, 3.63) is 36.4 Å². The monoisotopic (exact) mass is 284 g/mol. The second-order valence-electron chi connectivity index (χ2n) is 2.59. The van der Waals surface area contributed by atoms with Crippen molar-refractivity contribution in [1.82, 2.24) is 0 Å². The minimum Gasteiger partial charge on any atom is -1.00 e. The van der Waals surface area contributed by atoms with Gasteiger partial charge in [0.05, 0.1) is 0 Å². The molecule has 0 radical (unpaired) electrons. The predicted molar refractivity (Wildman–Crippen MR) is 44.8 cm³/mol. The van der Waals surface area contributed by atoms with Crippen LogP contribution in [0.2, 0.25) is 0 Å². The van der Waals surface area contributed by atoms with E-state index in [1.807, 2.05) is 0 Å². The molecule has 0 saturated heterocycles. The number of hydrogen-bond acceptors (Lipinski definition) is 0. The van der Waals surface area contributed by atoms with Gasteiger partial charge in [-0.05, 0) is 0 Å². The smallest absolute Gasteiger partial charge is 1.00 e. The van der Waals surface area contributed by atoms with Gasteiger partial charge in [0, 0.05) is 0 Å². The number of rotatable bonds is 2. The van der Waals surface area contributed by atoms with E-state index in [1.165, 1.54) is 12.8 Å². The molecule has 0 heterocycles. The Labute approximate surface area is 93.8 Å². The van der Waals surface area contributed by atoms with Gasteiger partial charge in [-0.2, -0.15) is 0 Å². The summed E-state index contributed by atoms with van der Waals surface area (Å²) in [7, 11) is 0. The molecular formula is C10H11Eu. The fraction of sp³-hybridized carbons (Fsp3) is 0.200. The van der Waals surface area contributed by atoms with Crippen molar-refractivity contribution in [3.8, 4) is 0 Å². The summed E-state index contributed by atoms with van der Waals surface area (Å²) in [6, 6.07) is 0. The normalized spacial score (nSPS) is 20.7. The van der Waals surface area contributed by atoms with E-state index < -0.39 is 0 Å². The maximum absolute atomic E-state index is 2.30. The topological polar surface area (TPSA) is 0 Å². The van der Waals surface area contributed by atoms with Crippen molar-refractivity contribution >= 4 is 0 Å². The van der Waals surface area contributed by atoms with Gasteiger partial charge >= 0.3 is 93.9 Å². The Morgan fingerprint density at radius 3 is 1.91 bits per heavy atom. The van der Waals surface area contributed by atoms with Crippen LogP contribution < -0.4 is 0 Å². The van der Waals surface area contributed by atoms with Gasteiger partial charge < -0.3 is 1.43 Å². The first-order valence-corrected chi connectivity index (χ1v) is 6.24. The van der Waals surface area contributed by atoms with Crippen molar-refractivity contribution in [2.45, 2.75) is 12.8 Å². The van der Waals surface area contributed by atoms with Crippen LogP contribution in [0.1, 0.15) is 14.3 Å². The molecule has 0 bridgehead atoms. The first-order chi connectivity index (χ1) is 5.45. The van der Waals surface area contributed by atoms with Crippen molar-refractivity contribution in [2.75, 3.05) is 0 Å². The summed E-state index contributed by atoms with van der Waals surface area (Å²) >= 11 is -0.160. The summed E-state index contributed by atoms with van der Waals surface area (Å²) in [5.41, 5.74) is 0. The summed E-state index contributed by atoms with van der Waals surface area (Å²) in [5, 5.41) is 0. The largest absolute Gasteiger partial charge is 1.00 e. The van der Waals surface area contributed by atoms with Crippen LogP contribution in [0.5, 0.6) is 0 Å². The van der Waals surface area contributed by atoms with Crippen LogP contribution >= 0.6 is 0 Å². The third-order valence-electron chi connectivity index (χ3n) is 1.69. The van der Waals surface area contributed by atoms with Crippen molar-refractivity contribution in [3.63, 3.8) is 0 Å². The SMILES string of the molecule is C1=CC[C]([Eu+][C]2=CC=CC2)=C1.[H-]. The van der Waals surface area contributed by atoms with Crippen molar-refractivity contribution < 1.29 is 46.1 Å². The molecule has 2 aliphatic carbocycles. The zero-order valence-corrected chi connectivity index (χ0v) is 8.68. The number of allylic oxidation sites excluding steroid dienone is 8. The zero-order valence-electron chi connectivity index (χ0n) is 7.26. The fourth-order valence-corrected chi connectivity index (χ4v) is 4.08. The van der Waals surface area contributed by atoms with Crippen LogP contribution in [0.3, 0.4) is 0 Å². The quantitative estimate of drug-likeness (QED) is 0.731. The molecular weight excluding hydrogens is 272 g/mol. The summed E-state index contributed by atoms with van der Waals surface area (Å²) in [6.45, 7) is 0. The molecule has 0 atom stereocenters. The fourth-order valence-electron chi connectivity index (χ4n) is 1.14. The zero-order chi connectivity index (χ0) is 7.52. The van der Waals surface area contributed by atoms with Crippen LogP contribution in [0.25, 0.3) is 0 Å². The second-order valence-corrected chi connectivity index (χ2v) is 6.31. The van der Waals surface area contributed by atoms with Gasteiger partial charge in [-0.3, -0.25) is 0 Å². The van der Waals surface area contributed by atoms with Gasteiger partial charge in [0.1, 0.15) is 0 Å². The molecule has 58 valence electrons. The van der Waals surface area contributed by atoms with Gasteiger partial charge in [-0.25, -0.2) is 0 Å². The third-order valence-corrected chi connectivity index (χ3v) is 5.05.